The molecule has 6 nitrogen and oxygen atoms in total. The number of amides is 1. The molecule has 0 radical (unpaired) electrons. The maximum atomic E-state index is 11.5. The molecule has 0 aromatic heterocycles. The Balaban J connectivity index is 2.65. The average Bonchev–Trinajstić information content (AvgIpc) is 2.41. The van der Waals surface area contributed by atoms with Gasteiger partial charge in [-0.25, -0.2) is 4.79 Å². The lowest BCUT2D eigenvalue weighted by Crippen LogP contribution is -2.38. The molecule has 0 spiro atoms. The number of ether oxygens (including phenoxy) is 1. The van der Waals surface area contributed by atoms with E-state index in [-0.39, 0.29) is 6.54 Å². The number of halogens is 1. The molecular formula is C15H20BrNO5. The topological polar surface area (TPSA) is 95.9 Å². The first kappa shape index (κ1) is 18.6. The number of benzene rings is 1. The first-order chi connectivity index (χ1) is 10.1. The molecule has 3 N–H and O–H groups in total. The van der Waals surface area contributed by atoms with Crippen LogP contribution < -0.4 is 5.32 Å². The van der Waals surface area contributed by atoms with Crippen LogP contribution in [0.25, 0.3) is 0 Å². The van der Waals surface area contributed by atoms with E-state index in [0.29, 0.717) is 21.9 Å². The first-order valence-electron chi connectivity index (χ1n) is 6.71. The maximum Gasteiger partial charge on any atom is 0.407 e. The number of aldehydes is 1. The van der Waals surface area contributed by atoms with Crippen LogP contribution in [0.2, 0.25) is 0 Å². The molecule has 0 saturated heterocycles. The molecule has 22 heavy (non-hydrogen) atoms. The van der Waals surface area contributed by atoms with Crippen molar-refractivity contribution in [3.8, 4) is 0 Å². The summed E-state index contributed by atoms with van der Waals surface area (Å²) in [6.07, 6.45) is -2.51. The molecule has 0 aliphatic heterocycles. The number of hydrogen-bond acceptors (Lipinski definition) is 5. The Morgan fingerprint density at radius 3 is 2.55 bits per heavy atom. The fraction of sp³-hybridized carbons (Fsp3) is 0.467. The molecule has 1 rings (SSSR count). The normalized spacial score (nSPS) is 14.1. The minimum Gasteiger partial charge on any atom is -0.444 e. The highest BCUT2D eigenvalue weighted by Crippen LogP contribution is 2.22. The molecule has 1 amide bonds. The molecule has 1 aromatic carbocycles. The molecule has 0 heterocycles. The summed E-state index contributed by atoms with van der Waals surface area (Å²) in [7, 11) is 0. The summed E-state index contributed by atoms with van der Waals surface area (Å²) in [5.74, 6) is 0. The second-order valence-electron chi connectivity index (χ2n) is 5.83. The van der Waals surface area contributed by atoms with Crippen molar-refractivity contribution in [3.63, 3.8) is 0 Å². The van der Waals surface area contributed by atoms with E-state index in [9.17, 15) is 19.8 Å². The number of aliphatic hydroxyl groups is 2. The van der Waals surface area contributed by atoms with Gasteiger partial charge in [0.25, 0.3) is 0 Å². The first-order valence-corrected chi connectivity index (χ1v) is 7.50. The molecule has 0 bridgehead atoms. The van der Waals surface area contributed by atoms with Crippen molar-refractivity contribution in [2.75, 3.05) is 6.54 Å². The lowest BCUT2D eigenvalue weighted by atomic mass is 10.0. The van der Waals surface area contributed by atoms with Gasteiger partial charge in [0.05, 0.1) is 0 Å². The van der Waals surface area contributed by atoms with Crippen LogP contribution in [0, 0.1) is 0 Å². The van der Waals surface area contributed by atoms with Crippen LogP contribution in [0.3, 0.4) is 0 Å². The quantitative estimate of drug-likeness (QED) is 0.687. The van der Waals surface area contributed by atoms with Gasteiger partial charge >= 0.3 is 6.09 Å². The summed E-state index contributed by atoms with van der Waals surface area (Å²) in [5.41, 5.74) is 0.0993. The van der Waals surface area contributed by atoms with E-state index < -0.39 is 23.9 Å². The SMILES string of the molecule is CC(C)(C)OC(=O)NCC(O)C(O)c1cc(Br)cc(C=O)c1. The predicted octanol–water partition coefficient (Wildman–Crippen LogP) is 2.18. The van der Waals surface area contributed by atoms with Gasteiger partial charge in [0.15, 0.2) is 0 Å². The second kappa shape index (κ2) is 7.71. The van der Waals surface area contributed by atoms with Crippen molar-refractivity contribution in [1.29, 1.82) is 0 Å². The van der Waals surface area contributed by atoms with Crippen molar-refractivity contribution in [1.82, 2.24) is 5.32 Å². The van der Waals surface area contributed by atoms with Crippen LogP contribution in [0.5, 0.6) is 0 Å². The average molecular weight is 374 g/mol. The molecule has 2 atom stereocenters. The Labute approximate surface area is 137 Å². The lowest BCUT2D eigenvalue weighted by molar-refractivity contribution is 0.0129. The summed E-state index contributed by atoms with van der Waals surface area (Å²) in [6, 6.07) is 4.65. The van der Waals surface area contributed by atoms with Crippen LogP contribution in [-0.2, 0) is 4.74 Å². The van der Waals surface area contributed by atoms with Crippen molar-refractivity contribution >= 4 is 28.3 Å². The third kappa shape index (κ3) is 6.13. The van der Waals surface area contributed by atoms with Gasteiger partial charge in [-0.15, -0.1) is 0 Å². The summed E-state index contributed by atoms with van der Waals surface area (Å²) >= 11 is 3.23. The summed E-state index contributed by atoms with van der Waals surface area (Å²) in [5, 5.41) is 22.4. The smallest absolute Gasteiger partial charge is 0.407 e. The van der Waals surface area contributed by atoms with Crippen LogP contribution in [0.4, 0.5) is 4.79 Å². The summed E-state index contributed by atoms with van der Waals surface area (Å²) < 4.78 is 5.64. The standard InChI is InChI=1S/C15H20BrNO5/c1-15(2,3)22-14(21)17-7-12(19)13(20)10-4-9(8-18)5-11(16)6-10/h4-6,8,12-13,19-20H,7H2,1-3H3,(H,17,21). The molecule has 0 aliphatic rings. The van der Waals surface area contributed by atoms with Gasteiger partial charge in [0.2, 0.25) is 0 Å². The molecule has 7 heteroatoms. The largest absolute Gasteiger partial charge is 0.444 e. The van der Waals surface area contributed by atoms with Crippen molar-refractivity contribution in [2.45, 2.75) is 38.6 Å². The Bertz CT molecular complexity index is 541. The number of hydrogen-bond donors (Lipinski definition) is 3. The van der Waals surface area contributed by atoms with E-state index in [1.165, 1.54) is 6.07 Å². The van der Waals surface area contributed by atoms with E-state index >= 15 is 0 Å². The highest BCUT2D eigenvalue weighted by atomic mass is 79.9. The third-order valence-corrected chi connectivity index (χ3v) is 3.10. The van der Waals surface area contributed by atoms with Gasteiger partial charge in [-0.3, -0.25) is 4.79 Å². The molecule has 1 aromatic rings. The number of carbonyl (C=O) groups excluding carboxylic acids is 2. The summed E-state index contributed by atoms with van der Waals surface area (Å²) in [4.78, 5) is 22.3. The van der Waals surface area contributed by atoms with Gasteiger partial charge < -0.3 is 20.3 Å². The van der Waals surface area contributed by atoms with Gasteiger partial charge in [0, 0.05) is 16.6 Å². The second-order valence-corrected chi connectivity index (χ2v) is 6.75. The van der Waals surface area contributed by atoms with Crippen molar-refractivity contribution in [3.05, 3.63) is 33.8 Å². The van der Waals surface area contributed by atoms with Crippen LogP contribution in [0.15, 0.2) is 22.7 Å². The van der Waals surface area contributed by atoms with E-state index in [1.54, 1.807) is 32.9 Å². The van der Waals surface area contributed by atoms with E-state index in [4.69, 9.17) is 4.74 Å². The number of nitrogens with one attached hydrogen (secondary N) is 1. The highest BCUT2D eigenvalue weighted by Gasteiger charge is 2.22. The minimum absolute atomic E-state index is 0.182. The van der Waals surface area contributed by atoms with Crippen molar-refractivity contribution < 1.29 is 24.5 Å². The van der Waals surface area contributed by atoms with E-state index in [0.717, 1.165) is 0 Å². The van der Waals surface area contributed by atoms with Gasteiger partial charge in [0.1, 0.15) is 24.1 Å². The van der Waals surface area contributed by atoms with Crippen LogP contribution >= 0.6 is 15.9 Å². The zero-order valence-electron chi connectivity index (χ0n) is 12.7. The van der Waals surface area contributed by atoms with Crippen molar-refractivity contribution in [2.24, 2.45) is 0 Å². The fourth-order valence-electron chi connectivity index (χ4n) is 1.71. The Hall–Kier alpha value is -1.44. The molecule has 2 unspecified atom stereocenters. The molecule has 0 fully saturated rings. The minimum atomic E-state index is -1.24. The number of aliphatic hydroxyl groups excluding tert-OH is 2. The van der Waals surface area contributed by atoms with E-state index in [1.807, 2.05) is 0 Å². The van der Waals surface area contributed by atoms with Gasteiger partial charge in [-0.05, 0) is 44.5 Å². The van der Waals surface area contributed by atoms with E-state index in [2.05, 4.69) is 21.2 Å². The number of carbonyl (C=O) groups is 2. The fourth-order valence-corrected chi connectivity index (χ4v) is 2.24. The number of rotatable bonds is 5. The Morgan fingerprint density at radius 2 is 2.00 bits per heavy atom. The zero-order valence-corrected chi connectivity index (χ0v) is 14.3. The maximum absolute atomic E-state index is 11.5. The lowest BCUT2D eigenvalue weighted by Gasteiger charge is -2.22. The molecule has 0 saturated carbocycles. The van der Waals surface area contributed by atoms with Crippen LogP contribution in [-0.4, -0.2) is 40.8 Å². The zero-order chi connectivity index (χ0) is 16.9. The Kier molecular flexibility index (Phi) is 6.52. The van der Waals surface area contributed by atoms with Gasteiger partial charge in [-0.2, -0.15) is 0 Å². The molecule has 122 valence electrons. The number of alkyl carbamates (subject to hydrolysis) is 1. The molecular weight excluding hydrogens is 354 g/mol. The summed E-state index contributed by atoms with van der Waals surface area (Å²) in [6.45, 7) is 4.99. The van der Waals surface area contributed by atoms with Gasteiger partial charge in [-0.1, -0.05) is 15.9 Å². The monoisotopic (exact) mass is 373 g/mol. The highest BCUT2D eigenvalue weighted by molar-refractivity contribution is 9.10. The van der Waals surface area contributed by atoms with Crippen LogP contribution in [0.1, 0.15) is 42.8 Å². The molecule has 0 aliphatic carbocycles. The third-order valence-electron chi connectivity index (χ3n) is 2.64. The Morgan fingerprint density at radius 1 is 1.36 bits per heavy atom. The predicted molar refractivity (Wildman–Crippen MR) is 84.7 cm³/mol.